The van der Waals surface area contributed by atoms with Crippen molar-refractivity contribution in [1.29, 1.82) is 0 Å². The molecule has 28 heavy (non-hydrogen) atoms. The first-order chi connectivity index (χ1) is 13.6. The van der Waals surface area contributed by atoms with E-state index in [9.17, 15) is 4.79 Å². The molecule has 1 fully saturated rings. The van der Waals surface area contributed by atoms with Crippen LogP contribution in [-0.2, 0) is 19.4 Å². The van der Waals surface area contributed by atoms with Crippen molar-refractivity contribution in [2.45, 2.75) is 39.2 Å². The molecule has 3 aromatic rings. The van der Waals surface area contributed by atoms with Crippen LogP contribution in [0.2, 0.25) is 5.02 Å². The molecule has 0 saturated carbocycles. The molecule has 0 spiro atoms. The van der Waals surface area contributed by atoms with Crippen LogP contribution in [0, 0.1) is 6.92 Å². The second kappa shape index (κ2) is 8.14. The maximum absolute atomic E-state index is 12.7. The molecule has 1 aliphatic rings. The third kappa shape index (κ3) is 4.09. The summed E-state index contributed by atoms with van der Waals surface area (Å²) in [6.45, 7) is 3.98. The lowest BCUT2D eigenvalue weighted by atomic mass is 10.1. The van der Waals surface area contributed by atoms with E-state index >= 15 is 0 Å². The highest BCUT2D eigenvalue weighted by Gasteiger charge is 2.18. The van der Waals surface area contributed by atoms with Gasteiger partial charge in [-0.3, -0.25) is 4.79 Å². The van der Waals surface area contributed by atoms with Crippen molar-refractivity contribution < 1.29 is 4.52 Å². The molecule has 1 aromatic carbocycles. The number of anilines is 1. The van der Waals surface area contributed by atoms with E-state index in [-0.39, 0.29) is 12.1 Å². The largest absolute Gasteiger partial charge is 0.370 e. The molecule has 0 aliphatic carbocycles. The van der Waals surface area contributed by atoms with Crippen LogP contribution in [0.3, 0.4) is 0 Å². The predicted octanol–water partition coefficient (Wildman–Crippen LogP) is 3.02. The first-order valence-corrected chi connectivity index (χ1v) is 9.85. The van der Waals surface area contributed by atoms with Gasteiger partial charge in [0.1, 0.15) is 6.54 Å². The first-order valence-electron chi connectivity index (χ1n) is 9.48. The molecule has 1 aliphatic heterocycles. The zero-order valence-corrected chi connectivity index (χ0v) is 16.5. The number of nitrogens with zero attached hydrogens (tertiary/aromatic N) is 5. The Morgan fingerprint density at radius 2 is 1.89 bits per heavy atom. The molecule has 146 valence electrons. The van der Waals surface area contributed by atoms with Crippen molar-refractivity contribution in [3.8, 4) is 0 Å². The van der Waals surface area contributed by atoms with Gasteiger partial charge in [-0.2, -0.15) is 10.1 Å². The van der Waals surface area contributed by atoms with E-state index < -0.39 is 0 Å². The van der Waals surface area contributed by atoms with Gasteiger partial charge in [0.2, 0.25) is 5.89 Å². The number of hydrogen-bond donors (Lipinski definition) is 0. The quantitative estimate of drug-likeness (QED) is 0.634. The molecule has 4 rings (SSSR count). The smallest absolute Gasteiger partial charge is 0.272 e. The van der Waals surface area contributed by atoms with Crippen LogP contribution in [0.25, 0.3) is 0 Å². The molecule has 0 amide bonds. The minimum atomic E-state index is -0.120. The predicted molar refractivity (Wildman–Crippen MR) is 107 cm³/mol. The molecule has 0 radical (unpaired) electrons. The van der Waals surface area contributed by atoms with Gasteiger partial charge >= 0.3 is 0 Å². The lowest BCUT2D eigenvalue weighted by Crippen LogP contribution is -2.29. The van der Waals surface area contributed by atoms with Gasteiger partial charge in [-0.15, -0.1) is 0 Å². The van der Waals surface area contributed by atoms with Crippen molar-refractivity contribution in [2.24, 2.45) is 0 Å². The third-order valence-electron chi connectivity index (χ3n) is 5.05. The molecule has 2 aromatic heterocycles. The van der Waals surface area contributed by atoms with Crippen LogP contribution in [-0.4, -0.2) is 33.0 Å². The molecule has 8 heteroatoms. The molecule has 1 saturated heterocycles. The second-order valence-corrected chi connectivity index (χ2v) is 7.48. The molecule has 0 unspecified atom stereocenters. The van der Waals surface area contributed by atoms with Crippen molar-refractivity contribution >= 4 is 17.3 Å². The van der Waals surface area contributed by atoms with Gasteiger partial charge in [0.15, 0.2) is 5.82 Å². The van der Waals surface area contributed by atoms with E-state index in [0.717, 1.165) is 48.6 Å². The Bertz CT molecular complexity index is 1010. The van der Waals surface area contributed by atoms with E-state index in [0.29, 0.717) is 23.7 Å². The van der Waals surface area contributed by atoms with Gasteiger partial charge in [0.05, 0.1) is 11.9 Å². The van der Waals surface area contributed by atoms with E-state index in [1.54, 1.807) is 6.20 Å². The molecule has 0 bridgehead atoms. The monoisotopic (exact) mass is 399 g/mol. The van der Waals surface area contributed by atoms with Crippen LogP contribution in [0.1, 0.15) is 35.7 Å². The lowest BCUT2D eigenvalue weighted by Gasteiger charge is -2.19. The summed E-state index contributed by atoms with van der Waals surface area (Å²) in [5, 5.41) is 9.04. The molecule has 0 atom stereocenters. The maximum Gasteiger partial charge on any atom is 0.272 e. The van der Waals surface area contributed by atoms with E-state index in [4.69, 9.17) is 16.1 Å². The Balaban J connectivity index is 1.42. The molecular formula is C20H22ClN5O2. The Morgan fingerprint density at radius 1 is 1.14 bits per heavy atom. The molecule has 3 heterocycles. The first kappa shape index (κ1) is 18.7. The van der Waals surface area contributed by atoms with Gasteiger partial charge < -0.3 is 9.42 Å². The van der Waals surface area contributed by atoms with E-state index in [1.165, 1.54) is 4.68 Å². The maximum atomic E-state index is 12.7. The van der Waals surface area contributed by atoms with Crippen molar-refractivity contribution in [3.05, 3.63) is 68.7 Å². The Kier molecular flexibility index (Phi) is 5.43. The molecular weight excluding hydrogens is 378 g/mol. The standard InChI is InChI=1S/C20H22ClN5O2/c1-14-17(25-10-2-3-11-25)12-22-26(20(14)27)13-19-23-18(24-28-19)9-6-15-4-7-16(21)8-5-15/h4-5,7-8,12H,2-3,6,9-11,13H2,1H3. The highest BCUT2D eigenvalue weighted by atomic mass is 35.5. The van der Waals surface area contributed by atoms with Gasteiger partial charge in [0, 0.05) is 30.1 Å². The summed E-state index contributed by atoms with van der Waals surface area (Å²) in [6.07, 6.45) is 5.52. The summed E-state index contributed by atoms with van der Waals surface area (Å²) in [7, 11) is 0. The highest BCUT2D eigenvalue weighted by Crippen LogP contribution is 2.20. The fraction of sp³-hybridized carbons (Fsp3) is 0.400. The summed E-state index contributed by atoms with van der Waals surface area (Å²) in [5.41, 5.74) is 2.67. The van der Waals surface area contributed by atoms with Crippen LogP contribution >= 0.6 is 11.6 Å². The molecule has 7 nitrogen and oxygen atoms in total. The van der Waals surface area contributed by atoms with Crippen molar-refractivity contribution in [1.82, 2.24) is 19.9 Å². The van der Waals surface area contributed by atoms with Crippen LogP contribution in [0.15, 0.2) is 39.8 Å². The Hall–Kier alpha value is -2.67. The summed E-state index contributed by atoms with van der Waals surface area (Å²) < 4.78 is 6.69. The van der Waals surface area contributed by atoms with Gasteiger partial charge in [-0.25, -0.2) is 4.68 Å². The van der Waals surface area contributed by atoms with Gasteiger partial charge in [-0.1, -0.05) is 28.9 Å². The zero-order chi connectivity index (χ0) is 19.5. The normalized spacial score (nSPS) is 14.0. The molecule has 0 N–H and O–H groups in total. The second-order valence-electron chi connectivity index (χ2n) is 7.04. The fourth-order valence-electron chi connectivity index (χ4n) is 3.46. The summed E-state index contributed by atoms with van der Waals surface area (Å²) in [4.78, 5) is 19.3. The number of halogens is 1. The van der Waals surface area contributed by atoms with Crippen molar-refractivity contribution in [3.63, 3.8) is 0 Å². The zero-order valence-electron chi connectivity index (χ0n) is 15.8. The SMILES string of the molecule is Cc1c(N2CCCC2)cnn(Cc2nc(CCc3ccc(Cl)cc3)no2)c1=O. The van der Waals surface area contributed by atoms with Gasteiger partial charge in [0.25, 0.3) is 5.56 Å². The van der Waals surface area contributed by atoms with Crippen LogP contribution in [0.4, 0.5) is 5.69 Å². The van der Waals surface area contributed by atoms with E-state index in [1.807, 2.05) is 31.2 Å². The number of aryl methyl sites for hydroxylation is 2. The van der Waals surface area contributed by atoms with Crippen LogP contribution < -0.4 is 10.5 Å². The number of benzene rings is 1. The summed E-state index contributed by atoms with van der Waals surface area (Å²) in [5.74, 6) is 0.998. The summed E-state index contributed by atoms with van der Waals surface area (Å²) in [6, 6.07) is 7.70. The minimum absolute atomic E-state index is 0.120. The average molecular weight is 400 g/mol. The van der Waals surface area contributed by atoms with Gasteiger partial charge in [-0.05, 0) is 43.9 Å². The van der Waals surface area contributed by atoms with Crippen LogP contribution in [0.5, 0.6) is 0 Å². The third-order valence-corrected chi connectivity index (χ3v) is 5.30. The lowest BCUT2D eigenvalue weighted by molar-refractivity contribution is 0.358. The summed E-state index contributed by atoms with van der Waals surface area (Å²) >= 11 is 5.90. The highest BCUT2D eigenvalue weighted by molar-refractivity contribution is 6.30. The number of rotatable bonds is 6. The number of aromatic nitrogens is 4. The Labute approximate surface area is 167 Å². The van der Waals surface area contributed by atoms with Crippen molar-refractivity contribution in [2.75, 3.05) is 18.0 Å². The minimum Gasteiger partial charge on any atom is -0.370 e. The topological polar surface area (TPSA) is 77.1 Å². The fourth-order valence-corrected chi connectivity index (χ4v) is 3.58. The number of hydrogen-bond acceptors (Lipinski definition) is 6. The van der Waals surface area contributed by atoms with E-state index in [2.05, 4.69) is 20.1 Å². The Morgan fingerprint density at radius 3 is 2.64 bits per heavy atom. The average Bonchev–Trinajstić information content (AvgIpc) is 3.37.